The first-order chi connectivity index (χ1) is 13.1. The maximum atomic E-state index is 11.8. The van der Waals surface area contributed by atoms with Crippen LogP contribution in [0.1, 0.15) is 31.0 Å². The highest BCUT2D eigenvalue weighted by atomic mass is 16.6. The fourth-order valence-corrected chi connectivity index (χ4v) is 3.04. The van der Waals surface area contributed by atoms with E-state index >= 15 is 0 Å². The first-order valence-electron chi connectivity index (χ1n) is 9.30. The van der Waals surface area contributed by atoms with E-state index in [4.69, 9.17) is 4.74 Å². The van der Waals surface area contributed by atoms with E-state index in [2.05, 4.69) is 25.6 Å². The molecule has 2 aromatic rings. The number of hydrogen-bond acceptors (Lipinski definition) is 7. The molecule has 0 aliphatic carbocycles. The number of nitrogens with one attached hydrogen (secondary N) is 2. The van der Waals surface area contributed by atoms with E-state index in [-0.39, 0.29) is 12.1 Å². The van der Waals surface area contributed by atoms with Gasteiger partial charge in [-0.25, -0.2) is 9.78 Å². The van der Waals surface area contributed by atoms with Crippen molar-refractivity contribution in [3.8, 4) is 0 Å². The molecule has 3 heterocycles. The van der Waals surface area contributed by atoms with E-state index in [1.54, 1.807) is 11.1 Å². The van der Waals surface area contributed by atoms with Crippen molar-refractivity contribution in [1.82, 2.24) is 19.9 Å². The number of ether oxygens (including phenoxy) is 1. The van der Waals surface area contributed by atoms with Crippen LogP contribution in [0, 0.1) is 6.92 Å². The first kappa shape index (κ1) is 18.9. The van der Waals surface area contributed by atoms with Gasteiger partial charge in [-0.3, -0.25) is 4.98 Å². The van der Waals surface area contributed by atoms with Crippen molar-refractivity contribution in [2.24, 2.45) is 0 Å². The van der Waals surface area contributed by atoms with Crippen LogP contribution in [0.3, 0.4) is 0 Å². The van der Waals surface area contributed by atoms with Crippen molar-refractivity contribution >= 4 is 17.9 Å². The Labute approximate surface area is 159 Å². The minimum Gasteiger partial charge on any atom is -0.450 e. The molecule has 8 heteroatoms. The van der Waals surface area contributed by atoms with E-state index < -0.39 is 0 Å². The topological polar surface area (TPSA) is 92.3 Å². The Bertz CT molecular complexity index is 747. The lowest BCUT2D eigenvalue weighted by Crippen LogP contribution is -2.42. The molecule has 8 nitrogen and oxygen atoms in total. The number of piperidine rings is 1. The van der Waals surface area contributed by atoms with E-state index in [0.29, 0.717) is 32.2 Å². The van der Waals surface area contributed by atoms with Crippen LogP contribution in [0.15, 0.2) is 30.6 Å². The zero-order valence-corrected chi connectivity index (χ0v) is 15.8. The van der Waals surface area contributed by atoms with Crippen LogP contribution in [0.4, 0.5) is 16.6 Å². The molecule has 0 aromatic carbocycles. The third-order valence-corrected chi connectivity index (χ3v) is 4.40. The highest BCUT2D eigenvalue weighted by Gasteiger charge is 2.23. The van der Waals surface area contributed by atoms with Crippen LogP contribution in [0.5, 0.6) is 0 Å². The van der Waals surface area contributed by atoms with Crippen LogP contribution in [0.25, 0.3) is 0 Å². The van der Waals surface area contributed by atoms with Crippen LogP contribution < -0.4 is 10.6 Å². The van der Waals surface area contributed by atoms with Crippen LogP contribution in [0.2, 0.25) is 0 Å². The fraction of sp³-hybridized carbons (Fsp3) is 0.474. The van der Waals surface area contributed by atoms with Crippen molar-refractivity contribution in [3.63, 3.8) is 0 Å². The summed E-state index contributed by atoms with van der Waals surface area (Å²) in [5.74, 6) is 1.39. The van der Waals surface area contributed by atoms with E-state index in [1.165, 1.54) is 0 Å². The zero-order valence-electron chi connectivity index (χ0n) is 15.8. The molecule has 1 fully saturated rings. The van der Waals surface area contributed by atoms with Crippen LogP contribution in [-0.4, -0.2) is 51.7 Å². The van der Waals surface area contributed by atoms with E-state index in [9.17, 15) is 4.79 Å². The summed E-state index contributed by atoms with van der Waals surface area (Å²) in [5, 5.41) is 6.71. The van der Waals surface area contributed by atoms with Gasteiger partial charge in [-0.15, -0.1) is 0 Å². The first-order valence-corrected chi connectivity index (χ1v) is 9.30. The Hall–Kier alpha value is -2.90. The number of carbonyl (C=O) groups excluding carboxylic acids is 1. The summed E-state index contributed by atoms with van der Waals surface area (Å²) in [5.41, 5.74) is 1.97. The normalized spacial score (nSPS) is 14.7. The lowest BCUT2D eigenvalue weighted by Gasteiger charge is -2.31. The number of hydrogen-bond donors (Lipinski definition) is 2. The average molecular weight is 370 g/mol. The fourth-order valence-electron chi connectivity index (χ4n) is 3.04. The summed E-state index contributed by atoms with van der Waals surface area (Å²) < 4.78 is 5.06. The summed E-state index contributed by atoms with van der Waals surface area (Å²) in [6, 6.07) is 6.12. The number of carbonyl (C=O) groups is 1. The number of amides is 1. The molecule has 0 spiro atoms. The summed E-state index contributed by atoms with van der Waals surface area (Å²) in [6.07, 6.45) is 5.07. The Morgan fingerprint density at radius 3 is 2.85 bits per heavy atom. The Morgan fingerprint density at radius 1 is 1.33 bits per heavy atom. The molecular weight excluding hydrogens is 344 g/mol. The number of anilines is 2. The molecule has 1 aliphatic rings. The van der Waals surface area contributed by atoms with Gasteiger partial charge in [0.05, 0.1) is 6.61 Å². The molecule has 2 aromatic heterocycles. The molecular formula is C19H26N6O2. The van der Waals surface area contributed by atoms with Crippen molar-refractivity contribution in [2.75, 3.05) is 30.3 Å². The molecule has 1 amide bonds. The minimum atomic E-state index is -0.226. The number of likely N-dealkylation sites (tertiary alicyclic amines) is 1. The third-order valence-electron chi connectivity index (χ3n) is 4.40. The smallest absolute Gasteiger partial charge is 0.409 e. The highest BCUT2D eigenvalue weighted by molar-refractivity contribution is 5.67. The third kappa shape index (κ3) is 5.54. The number of pyridine rings is 1. The van der Waals surface area contributed by atoms with E-state index in [0.717, 1.165) is 29.9 Å². The van der Waals surface area contributed by atoms with Crippen molar-refractivity contribution in [3.05, 3.63) is 41.9 Å². The molecule has 0 radical (unpaired) electrons. The average Bonchev–Trinajstić information content (AvgIpc) is 2.67. The summed E-state index contributed by atoms with van der Waals surface area (Å²) in [6.45, 7) is 6.18. The largest absolute Gasteiger partial charge is 0.450 e. The van der Waals surface area contributed by atoms with Gasteiger partial charge in [0.2, 0.25) is 5.95 Å². The lowest BCUT2D eigenvalue weighted by molar-refractivity contribution is 0.0983. The second-order valence-corrected chi connectivity index (χ2v) is 6.54. The molecule has 27 heavy (non-hydrogen) atoms. The van der Waals surface area contributed by atoms with Crippen molar-refractivity contribution in [2.45, 2.75) is 39.3 Å². The second kappa shape index (κ2) is 9.16. The Kier molecular flexibility index (Phi) is 6.40. The quantitative estimate of drug-likeness (QED) is 0.808. The van der Waals surface area contributed by atoms with Crippen LogP contribution in [-0.2, 0) is 11.3 Å². The van der Waals surface area contributed by atoms with Gasteiger partial charge in [-0.2, -0.15) is 4.98 Å². The van der Waals surface area contributed by atoms with Gasteiger partial charge in [0.15, 0.2) is 0 Å². The highest BCUT2D eigenvalue weighted by Crippen LogP contribution is 2.18. The SMILES string of the molecule is CCOC(=O)N1CCC(Nc2cc(C)nc(NCc3cccnc3)n2)CC1. The standard InChI is InChI=1S/C19H26N6O2/c1-3-27-19(26)25-9-6-16(7-10-25)23-17-11-14(2)22-18(24-17)21-13-15-5-4-8-20-12-15/h4-5,8,11-12,16H,3,6-7,9-10,13H2,1-2H3,(H2,21,22,23,24). The molecule has 3 rings (SSSR count). The molecule has 2 N–H and O–H groups in total. The van der Waals surface area contributed by atoms with E-state index in [1.807, 2.05) is 38.2 Å². The molecule has 0 saturated carbocycles. The summed E-state index contributed by atoms with van der Waals surface area (Å²) >= 11 is 0. The number of rotatable bonds is 6. The molecule has 144 valence electrons. The molecule has 0 unspecified atom stereocenters. The number of aryl methyl sites for hydroxylation is 1. The summed E-state index contributed by atoms with van der Waals surface area (Å²) in [7, 11) is 0. The molecule has 0 atom stereocenters. The van der Waals surface area contributed by atoms with Gasteiger partial charge < -0.3 is 20.3 Å². The van der Waals surface area contributed by atoms with Gasteiger partial charge >= 0.3 is 6.09 Å². The van der Waals surface area contributed by atoms with Crippen molar-refractivity contribution in [1.29, 1.82) is 0 Å². The monoisotopic (exact) mass is 370 g/mol. The van der Waals surface area contributed by atoms with Gasteiger partial charge in [-0.05, 0) is 38.3 Å². The van der Waals surface area contributed by atoms with Gasteiger partial charge in [0.25, 0.3) is 0 Å². The molecule has 1 saturated heterocycles. The molecule has 0 bridgehead atoms. The number of nitrogens with zero attached hydrogens (tertiary/aromatic N) is 4. The predicted molar refractivity (Wildman–Crippen MR) is 104 cm³/mol. The Morgan fingerprint density at radius 2 is 2.15 bits per heavy atom. The zero-order chi connectivity index (χ0) is 19.1. The number of aromatic nitrogens is 3. The molecule has 1 aliphatic heterocycles. The van der Waals surface area contributed by atoms with Crippen molar-refractivity contribution < 1.29 is 9.53 Å². The Balaban J connectivity index is 1.54. The summed E-state index contributed by atoms with van der Waals surface area (Å²) in [4.78, 5) is 26.7. The lowest BCUT2D eigenvalue weighted by atomic mass is 10.1. The van der Waals surface area contributed by atoms with Gasteiger partial charge in [0, 0.05) is 49.8 Å². The maximum absolute atomic E-state index is 11.8. The second-order valence-electron chi connectivity index (χ2n) is 6.54. The predicted octanol–water partition coefficient (Wildman–Crippen LogP) is 2.82. The van der Waals surface area contributed by atoms with Gasteiger partial charge in [-0.1, -0.05) is 6.07 Å². The van der Waals surface area contributed by atoms with Gasteiger partial charge in [0.1, 0.15) is 5.82 Å². The maximum Gasteiger partial charge on any atom is 0.409 e. The van der Waals surface area contributed by atoms with Crippen LogP contribution >= 0.6 is 0 Å². The minimum absolute atomic E-state index is 0.226.